The van der Waals surface area contributed by atoms with Gasteiger partial charge in [0.15, 0.2) is 0 Å². The van der Waals surface area contributed by atoms with E-state index < -0.39 is 0 Å². The molecule has 2 N–H and O–H groups in total. The zero-order chi connectivity index (χ0) is 17.5. The monoisotopic (exact) mass is 367 g/mol. The SMILES string of the molecule is CN(C)CCCNC(=O)c1cc(Nc2cc(Cl)cc(Cl)c2)ncn1. The minimum absolute atomic E-state index is 0.233. The summed E-state index contributed by atoms with van der Waals surface area (Å²) in [6.07, 6.45) is 2.21. The van der Waals surface area contributed by atoms with Gasteiger partial charge in [0, 0.05) is 28.3 Å². The van der Waals surface area contributed by atoms with Gasteiger partial charge in [-0.3, -0.25) is 4.79 Å². The first-order valence-corrected chi connectivity index (χ1v) is 8.18. The van der Waals surface area contributed by atoms with Gasteiger partial charge in [-0.05, 0) is 45.3 Å². The molecule has 0 spiro atoms. The maximum absolute atomic E-state index is 12.1. The molecule has 0 aliphatic carbocycles. The minimum atomic E-state index is -0.233. The Morgan fingerprint density at radius 2 is 1.83 bits per heavy atom. The van der Waals surface area contributed by atoms with Crippen molar-refractivity contribution in [3.8, 4) is 0 Å². The molecule has 2 rings (SSSR count). The molecule has 0 aliphatic heterocycles. The number of nitrogens with zero attached hydrogens (tertiary/aromatic N) is 3. The van der Waals surface area contributed by atoms with E-state index in [2.05, 4.69) is 25.5 Å². The number of rotatable bonds is 7. The van der Waals surface area contributed by atoms with Crippen LogP contribution in [0.4, 0.5) is 11.5 Å². The average molecular weight is 368 g/mol. The van der Waals surface area contributed by atoms with E-state index in [4.69, 9.17) is 23.2 Å². The molecular weight excluding hydrogens is 349 g/mol. The highest BCUT2D eigenvalue weighted by molar-refractivity contribution is 6.35. The first kappa shape index (κ1) is 18.4. The highest BCUT2D eigenvalue weighted by Crippen LogP contribution is 2.24. The van der Waals surface area contributed by atoms with Crippen LogP contribution in [0.2, 0.25) is 10.0 Å². The van der Waals surface area contributed by atoms with Crippen molar-refractivity contribution in [2.45, 2.75) is 6.42 Å². The second kappa shape index (κ2) is 8.82. The summed E-state index contributed by atoms with van der Waals surface area (Å²) in [5, 5.41) is 6.92. The van der Waals surface area contributed by atoms with Gasteiger partial charge in [0.1, 0.15) is 17.8 Å². The molecule has 0 aliphatic rings. The zero-order valence-electron chi connectivity index (χ0n) is 13.5. The Hall–Kier alpha value is -1.89. The van der Waals surface area contributed by atoms with Crippen LogP contribution in [0.5, 0.6) is 0 Å². The van der Waals surface area contributed by atoms with Gasteiger partial charge < -0.3 is 15.5 Å². The van der Waals surface area contributed by atoms with Crippen molar-refractivity contribution in [3.05, 3.63) is 46.3 Å². The Labute approximate surface area is 151 Å². The Balaban J connectivity index is 1.99. The van der Waals surface area contributed by atoms with Crippen molar-refractivity contribution >= 4 is 40.6 Å². The number of anilines is 2. The predicted octanol–water partition coefficient (Wildman–Crippen LogP) is 3.21. The molecule has 24 heavy (non-hydrogen) atoms. The quantitative estimate of drug-likeness (QED) is 0.735. The summed E-state index contributed by atoms with van der Waals surface area (Å²) in [6, 6.07) is 6.66. The third-order valence-corrected chi connectivity index (χ3v) is 3.54. The van der Waals surface area contributed by atoms with E-state index in [0.29, 0.717) is 33.8 Å². The zero-order valence-corrected chi connectivity index (χ0v) is 15.0. The maximum atomic E-state index is 12.1. The Morgan fingerprint density at radius 3 is 2.50 bits per heavy atom. The second-order valence-corrected chi connectivity index (χ2v) is 6.36. The summed E-state index contributed by atoms with van der Waals surface area (Å²) < 4.78 is 0. The summed E-state index contributed by atoms with van der Waals surface area (Å²) in [5.74, 6) is 0.255. The summed E-state index contributed by atoms with van der Waals surface area (Å²) in [5.41, 5.74) is 0.981. The molecule has 0 unspecified atom stereocenters. The molecule has 0 saturated heterocycles. The van der Waals surface area contributed by atoms with Crippen LogP contribution in [-0.2, 0) is 0 Å². The van der Waals surface area contributed by atoms with Crippen molar-refractivity contribution in [1.82, 2.24) is 20.2 Å². The number of hydrogen-bond donors (Lipinski definition) is 2. The van der Waals surface area contributed by atoms with Crippen molar-refractivity contribution in [2.24, 2.45) is 0 Å². The Bertz CT molecular complexity index is 688. The number of carbonyl (C=O) groups is 1. The molecule has 2 aromatic rings. The van der Waals surface area contributed by atoms with Gasteiger partial charge in [-0.25, -0.2) is 9.97 Å². The largest absolute Gasteiger partial charge is 0.351 e. The smallest absolute Gasteiger partial charge is 0.270 e. The van der Waals surface area contributed by atoms with Crippen LogP contribution in [0, 0.1) is 0 Å². The predicted molar refractivity (Wildman–Crippen MR) is 97.3 cm³/mol. The Kier molecular flexibility index (Phi) is 6.78. The van der Waals surface area contributed by atoms with E-state index in [-0.39, 0.29) is 5.91 Å². The van der Waals surface area contributed by atoms with Gasteiger partial charge in [-0.1, -0.05) is 23.2 Å². The number of carbonyl (C=O) groups excluding carboxylic acids is 1. The van der Waals surface area contributed by atoms with E-state index in [0.717, 1.165) is 13.0 Å². The number of benzene rings is 1. The fourth-order valence-corrected chi connectivity index (χ4v) is 2.54. The van der Waals surface area contributed by atoms with Crippen molar-refractivity contribution < 1.29 is 4.79 Å². The van der Waals surface area contributed by atoms with Crippen LogP contribution in [0.3, 0.4) is 0 Å². The van der Waals surface area contributed by atoms with E-state index >= 15 is 0 Å². The lowest BCUT2D eigenvalue weighted by atomic mass is 10.3. The molecule has 0 fully saturated rings. The van der Waals surface area contributed by atoms with Crippen molar-refractivity contribution in [3.63, 3.8) is 0 Å². The van der Waals surface area contributed by atoms with E-state index in [9.17, 15) is 4.79 Å². The molecular formula is C16H19Cl2N5O. The Morgan fingerprint density at radius 1 is 1.12 bits per heavy atom. The number of hydrogen-bond acceptors (Lipinski definition) is 5. The molecule has 6 nitrogen and oxygen atoms in total. The summed E-state index contributed by atoms with van der Waals surface area (Å²) in [6.45, 7) is 1.50. The molecule has 0 radical (unpaired) electrons. The average Bonchev–Trinajstić information content (AvgIpc) is 2.50. The molecule has 1 aromatic carbocycles. The van der Waals surface area contributed by atoms with Gasteiger partial charge in [0.25, 0.3) is 5.91 Å². The van der Waals surface area contributed by atoms with Crippen LogP contribution in [-0.4, -0.2) is 48.0 Å². The standard InChI is InChI=1S/C16H19Cl2N5O/c1-23(2)5-3-4-19-16(24)14-9-15(21-10-20-14)22-13-7-11(17)6-12(18)8-13/h6-10H,3-5H2,1-2H3,(H,19,24)(H,20,21,22). The molecule has 8 heteroatoms. The topological polar surface area (TPSA) is 70.2 Å². The second-order valence-electron chi connectivity index (χ2n) is 5.48. The fraction of sp³-hybridized carbons (Fsp3) is 0.312. The van der Waals surface area contributed by atoms with Gasteiger partial charge in [-0.2, -0.15) is 0 Å². The molecule has 0 bridgehead atoms. The van der Waals surface area contributed by atoms with Gasteiger partial charge in [0.2, 0.25) is 0 Å². The third-order valence-electron chi connectivity index (χ3n) is 3.10. The summed E-state index contributed by atoms with van der Waals surface area (Å²) >= 11 is 11.9. The van der Waals surface area contributed by atoms with Crippen LogP contribution in [0.15, 0.2) is 30.6 Å². The van der Waals surface area contributed by atoms with Gasteiger partial charge in [-0.15, -0.1) is 0 Å². The van der Waals surface area contributed by atoms with Crippen LogP contribution in [0.25, 0.3) is 0 Å². The van der Waals surface area contributed by atoms with E-state index in [1.807, 2.05) is 14.1 Å². The van der Waals surface area contributed by atoms with Gasteiger partial charge >= 0.3 is 0 Å². The first-order valence-electron chi connectivity index (χ1n) is 7.42. The highest BCUT2D eigenvalue weighted by Gasteiger charge is 2.09. The highest BCUT2D eigenvalue weighted by atomic mass is 35.5. The molecule has 0 saturated carbocycles. The summed E-state index contributed by atoms with van der Waals surface area (Å²) in [7, 11) is 3.98. The minimum Gasteiger partial charge on any atom is -0.351 e. The molecule has 128 valence electrons. The molecule has 1 aromatic heterocycles. The number of halogens is 2. The van der Waals surface area contributed by atoms with Gasteiger partial charge in [0.05, 0.1) is 0 Å². The van der Waals surface area contributed by atoms with E-state index in [1.165, 1.54) is 6.33 Å². The molecule has 1 heterocycles. The summed E-state index contributed by atoms with van der Waals surface area (Å²) in [4.78, 5) is 22.3. The van der Waals surface area contributed by atoms with Crippen LogP contribution in [0.1, 0.15) is 16.9 Å². The lowest BCUT2D eigenvalue weighted by molar-refractivity contribution is 0.0947. The maximum Gasteiger partial charge on any atom is 0.270 e. The normalized spacial score (nSPS) is 10.7. The lowest BCUT2D eigenvalue weighted by Crippen LogP contribution is -2.27. The number of amides is 1. The van der Waals surface area contributed by atoms with Crippen molar-refractivity contribution in [2.75, 3.05) is 32.5 Å². The molecule has 1 amide bonds. The van der Waals surface area contributed by atoms with Crippen LogP contribution < -0.4 is 10.6 Å². The number of nitrogens with one attached hydrogen (secondary N) is 2. The molecule has 0 atom stereocenters. The number of aromatic nitrogens is 2. The lowest BCUT2D eigenvalue weighted by Gasteiger charge is -2.10. The first-order chi connectivity index (χ1) is 11.4. The third kappa shape index (κ3) is 5.96. The van der Waals surface area contributed by atoms with E-state index in [1.54, 1.807) is 24.3 Å². The fourth-order valence-electron chi connectivity index (χ4n) is 2.01. The van der Waals surface area contributed by atoms with Crippen molar-refractivity contribution in [1.29, 1.82) is 0 Å². The van der Waals surface area contributed by atoms with Crippen LogP contribution >= 0.6 is 23.2 Å².